The van der Waals surface area contributed by atoms with Crippen LogP contribution in [0.4, 0.5) is 5.95 Å². The molecule has 0 aliphatic rings. The second kappa shape index (κ2) is 14.1. The smallest absolute Gasteiger partial charge is 0.326 e. The zero-order chi connectivity index (χ0) is 31.7. The van der Waals surface area contributed by atoms with Gasteiger partial charge in [0.15, 0.2) is 0 Å². The molecule has 1 atom stereocenters. The maximum absolute atomic E-state index is 13.0. The topological polar surface area (TPSA) is 170 Å². The summed E-state index contributed by atoms with van der Waals surface area (Å²) < 4.78 is 40.6. The molecule has 1 amide bonds. The Kier molecular flexibility index (Phi) is 10.3. The lowest BCUT2D eigenvalue weighted by Crippen LogP contribution is -2.50. The van der Waals surface area contributed by atoms with E-state index in [-0.39, 0.29) is 10.5 Å². The van der Waals surface area contributed by atoms with Crippen LogP contribution in [0.15, 0.2) is 88.9 Å². The minimum absolute atomic E-state index is 0.0340. The van der Waals surface area contributed by atoms with E-state index >= 15 is 0 Å². The molecule has 232 valence electrons. The van der Waals surface area contributed by atoms with Gasteiger partial charge in [0.25, 0.3) is 11.5 Å². The number of rotatable bonds is 13. The third kappa shape index (κ3) is 9.09. The Morgan fingerprint density at radius 1 is 1.00 bits per heavy atom. The van der Waals surface area contributed by atoms with Gasteiger partial charge >= 0.3 is 5.97 Å². The summed E-state index contributed by atoms with van der Waals surface area (Å²) in [6.07, 6.45) is 5.48. The van der Waals surface area contributed by atoms with E-state index in [0.29, 0.717) is 36.8 Å². The number of nitrogens with zero attached hydrogens (tertiary/aromatic N) is 3. The summed E-state index contributed by atoms with van der Waals surface area (Å²) in [7, 11) is -4.11. The van der Waals surface area contributed by atoms with Crippen LogP contribution in [0.1, 0.15) is 37.6 Å². The Bertz CT molecular complexity index is 1760. The molecule has 0 saturated carbocycles. The van der Waals surface area contributed by atoms with Gasteiger partial charge in [-0.1, -0.05) is 18.2 Å². The highest BCUT2D eigenvalue weighted by atomic mass is 32.2. The Hall–Kier alpha value is -4.82. The van der Waals surface area contributed by atoms with Crippen molar-refractivity contribution in [1.29, 1.82) is 0 Å². The average Bonchev–Trinajstić information content (AvgIpc) is 2.99. The molecule has 14 heteroatoms. The molecule has 3 aromatic heterocycles. The molecule has 13 nitrogen and oxygen atoms in total. The van der Waals surface area contributed by atoms with Crippen LogP contribution in [0, 0.1) is 0 Å². The Balaban J connectivity index is 1.40. The van der Waals surface area contributed by atoms with E-state index in [2.05, 4.69) is 25.3 Å². The molecule has 0 aliphatic carbocycles. The zero-order valence-electron chi connectivity index (χ0n) is 24.5. The lowest BCUT2D eigenvalue weighted by molar-refractivity contribution is -0.156. The fraction of sp³-hybridized carbons (Fsp3) is 0.300. The number of nitrogens with one attached hydrogen (secondary N) is 3. The van der Waals surface area contributed by atoms with Gasteiger partial charge in [0.1, 0.15) is 17.4 Å². The molecular weight excluding hydrogens is 588 g/mol. The van der Waals surface area contributed by atoms with E-state index in [1.807, 2.05) is 0 Å². The second-order valence-electron chi connectivity index (χ2n) is 10.7. The maximum Gasteiger partial charge on any atom is 0.326 e. The van der Waals surface area contributed by atoms with Crippen LogP contribution >= 0.6 is 0 Å². The summed E-state index contributed by atoms with van der Waals surface area (Å²) in [4.78, 5) is 46.9. The van der Waals surface area contributed by atoms with Gasteiger partial charge in [0.2, 0.25) is 16.0 Å². The molecule has 4 rings (SSSR count). The van der Waals surface area contributed by atoms with Crippen molar-refractivity contribution in [3.8, 4) is 5.75 Å². The van der Waals surface area contributed by atoms with E-state index in [9.17, 15) is 22.8 Å². The van der Waals surface area contributed by atoms with Gasteiger partial charge in [-0.15, -0.1) is 0 Å². The summed E-state index contributed by atoms with van der Waals surface area (Å²) in [5.41, 5.74) is -0.909. The first-order chi connectivity index (χ1) is 20.9. The maximum atomic E-state index is 13.0. The van der Waals surface area contributed by atoms with Crippen molar-refractivity contribution in [3.63, 3.8) is 0 Å². The van der Waals surface area contributed by atoms with Crippen LogP contribution in [0.5, 0.6) is 5.75 Å². The van der Waals surface area contributed by atoms with Crippen LogP contribution in [0.25, 0.3) is 5.52 Å². The molecule has 0 aliphatic heterocycles. The number of carbonyl (C=O) groups excluding carboxylic acids is 2. The quantitative estimate of drug-likeness (QED) is 0.149. The van der Waals surface area contributed by atoms with E-state index in [0.717, 1.165) is 6.07 Å². The van der Waals surface area contributed by atoms with E-state index in [1.54, 1.807) is 69.6 Å². The van der Waals surface area contributed by atoms with Crippen molar-refractivity contribution in [1.82, 2.24) is 24.4 Å². The molecule has 0 fully saturated rings. The number of carbonyl (C=O) groups is 2. The van der Waals surface area contributed by atoms with Crippen LogP contribution < -0.4 is 25.7 Å². The highest BCUT2D eigenvalue weighted by Crippen LogP contribution is 2.15. The van der Waals surface area contributed by atoms with Gasteiger partial charge < -0.3 is 20.1 Å². The van der Waals surface area contributed by atoms with E-state index < -0.39 is 45.6 Å². The second-order valence-corrected chi connectivity index (χ2v) is 12.4. The number of hydrogen-bond acceptors (Lipinski definition) is 10. The number of anilines is 1. The number of esters is 1. The number of fused-ring (bicyclic) bond motifs is 1. The monoisotopic (exact) mass is 622 g/mol. The first kappa shape index (κ1) is 32.1. The summed E-state index contributed by atoms with van der Waals surface area (Å²) in [5, 5.41) is 5.62. The Morgan fingerprint density at radius 2 is 1.73 bits per heavy atom. The van der Waals surface area contributed by atoms with Crippen molar-refractivity contribution in [2.24, 2.45) is 0 Å². The summed E-state index contributed by atoms with van der Waals surface area (Å²) in [6.45, 7) is 5.49. The fourth-order valence-corrected chi connectivity index (χ4v) is 5.18. The number of ether oxygens (including phenoxy) is 2. The molecule has 0 radical (unpaired) electrons. The lowest BCUT2D eigenvalue weighted by atomic mass is 10.2. The van der Waals surface area contributed by atoms with Gasteiger partial charge in [0.05, 0.1) is 17.7 Å². The summed E-state index contributed by atoms with van der Waals surface area (Å²) >= 11 is 0. The number of aromatic nitrogens is 3. The van der Waals surface area contributed by atoms with Gasteiger partial charge in [-0.25, -0.2) is 18.4 Å². The SMILES string of the molecule is CC(C)(C)OC(=O)C(CNC(=O)c1cc(=O)n2cc(OCCCNc3ncccn3)ccc2c1)NS(=O)(=O)c1ccccc1. The normalized spacial score (nSPS) is 12.3. The van der Waals surface area contributed by atoms with Crippen LogP contribution in [0.2, 0.25) is 0 Å². The number of pyridine rings is 2. The van der Waals surface area contributed by atoms with Crippen LogP contribution in [-0.4, -0.2) is 66.0 Å². The zero-order valence-corrected chi connectivity index (χ0v) is 25.3. The first-order valence-electron chi connectivity index (χ1n) is 13.8. The minimum atomic E-state index is -4.11. The van der Waals surface area contributed by atoms with Crippen molar-refractivity contribution < 1.29 is 27.5 Å². The molecule has 3 heterocycles. The molecule has 4 aromatic rings. The number of amides is 1. The number of sulfonamides is 1. The first-order valence-corrected chi connectivity index (χ1v) is 15.3. The molecule has 44 heavy (non-hydrogen) atoms. The number of benzene rings is 1. The minimum Gasteiger partial charge on any atom is -0.492 e. The van der Waals surface area contributed by atoms with Crippen molar-refractivity contribution in [2.45, 2.75) is 43.7 Å². The third-order valence-corrected chi connectivity index (χ3v) is 7.47. The number of hydrogen-bond donors (Lipinski definition) is 3. The van der Waals surface area contributed by atoms with Gasteiger partial charge in [-0.05, 0) is 63.6 Å². The Morgan fingerprint density at radius 3 is 2.43 bits per heavy atom. The molecule has 0 spiro atoms. The van der Waals surface area contributed by atoms with Gasteiger partial charge in [-0.2, -0.15) is 4.72 Å². The van der Waals surface area contributed by atoms with E-state index in [4.69, 9.17) is 9.47 Å². The van der Waals surface area contributed by atoms with Gasteiger partial charge in [-0.3, -0.25) is 18.8 Å². The fourth-order valence-electron chi connectivity index (χ4n) is 3.97. The Labute approximate surface area is 254 Å². The molecule has 1 aromatic carbocycles. The highest BCUT2D eigenvalue weighted by molar-refractivity contribution is 7.89. The third-order valence-electron chi connectivity index (χ3n) is 5.98. The summed E-state index contributed by atoms with van der Waals surface area (Å²) in [6, 6.07) is 13.8. The largest absolute Gasteiger partial charge is 0.492 e. The van der Waals surface area contributed by atoms with Crippen molar-refractivity contribution in [2.75, 3.05) is 25.0 Å². The van der Waals surface area contributed by atoms with Gasteiger partial charge in [0, 0.05) is 42.6 Å². The van der Waals surface area contributed by atoms with Crippen molar-refractivity contribution >= 4 is 33.4 Å². The van der Waals surface area contributed by atoms with Crippen LogP contribution in [-0.2, 0) is 19.6 Å². The van der Waals surface area contributed by atoms with Crippen molar-refractivity contribution in [3.05, 3.63) is 95.2 Å². The predicted octanol–water partition coefficient (Wildman–Crippen LogP) is 2.39. The summed E-state index contributed by atoms with van der Waals surface area (Å²) in [5.74, 6) is -0.544. The molecule has 3 N–H and O–H groups in total. The molecule has 1 unspecified atom stereocenters. The molecular formula is C30H34N6O7S. The molecule has 0 saturated heterocycles. The van der Waals surface area contributed by atoms with Crippen LogP contribution in [0.3, 0.4) is 0 Å². The van der Waals surface area contributed by atoms with E-state index in [1.165, 1.54) is 28.8 Å². The highest BCUT2D eigenvalue weighted by Gasteiger charge is 2.30. The molecule has 0 bridgehead atoms. The lowest BCUT2D eigenvalue weighted by Gasteiger charge is -2.24. The standard InChI is InChI=1S/C30H34N6O7S/c1-30(2,3)43-28(39)25(35-44(40,41)24-9-5-4-6-10-24)19-34-27(38)21-17-22-11-12-23(20-36(22)26(37)18-21)42-16-8-15-33-29-31-13-7-14-32-29/h4-7,9-14,17-18,20,25,35H,8,15-16,19H2,1-3H3,(H,34,38)(H,31,32,33). The average molecular weight is 623 g/mol. The predicted molar refractivity (Wildman–Crippen MR) is 163 cm³/mol.